The first-order valence-corrected chi connectivity index (χ1v) is 10.3. The summed E-state index contributed by atoms with van der Waals surface area (Å²) in [5.74, 6) is -0.595. The van der Waals surface area contributed by atoms with Crippen LogP contribution in [0.3, 0.4) is 0 Å². The fourth-order valence-electron chi connectivity index (χ4n) is 4.14. The third kappa shape index (κ3) is 4.61. The summed E-state index contributed by atoms with van der Waals surface area (Å²) in [6.07, 6.45) is -1.15. The van der Waals surface area contributed by atoms with Crippen LogP contribution in [0, 0.1) is 5.92 Å². The number of carbonyl (C=O) groups is 1. The Bertz CT molecular complexity index is 1160. The molecule has 10 heteroatoms. The van der Waals surface area contributed by atoms with Crippen LogP contribution in [0.1, 0.15) is 41.7 Å². The standard InChI is InChI=1S/C21H20ClF3N4O2/c22-13-9-15(18(26-10-13)21(23,24)25)19(30)27-14-7-5-12(6-8-14)11-29-17-4-2-1-3-16(17)28-20(29)31/h1-4,9-10,12,14H,5-8,11H2,(H,27,30)(H,28,31). The van der Waals surface area contributed by atoms with E-state index < -0.39 is 23.3 Å². The van der Waals surface area contributed by atoms with Crippen molar-refractivity contribution in [3.8, 4) is 0 Å². The number of benzene rings is 1. The fourth-order valence-corrected chi connectivity index (χ4v) is 4.29. The van der Waals surface area contributed by atoms with Crippen molar-refractivity contribution in [3.05, 3.63) is 63.3 Å². The quantitative estimate of drug-likeness (QED) is 0.616. The number of H-pyrrole nitrogens is 1. The van der Waals surface area contributed by atoms with Crippen LogP contribution in [0.4, 0.5) is 13.2 Å². The summed E-state index contributed by atoms with van der Waals surface area (Å²) in [6.45, 7) is 0.556. The van der Waals surface area contributed by atoms with Gasteiger partial charge in [0, 0.05) is 18.8 Å². The normalized spacial score (nSPS) is 19.5. The molecule has 4 rings (SSSR count). The van der Waals surface area contributed by atoms with Crippen molar-refractivity contribution in [2.24, 2.45) is 5.92 Å². The van der Waals surface area contributed by atoms with Gasteiger partial charge in [0.2, 0.25) is 0 Å². The fraction of sp³-hybridized carbons (Fsp3) is 0.381. The number of hydrogen-bond donors (Lipinski definition) is 2. The number of aromatic nitrogens is 3. The highest BCUT2D eigenvalue weighted by molar-refractivity contribution is 6.30. The molecule has 1 fully saturated rings. The molecule has 0 bridgehead atoms. The molecule has 0 unspecified atom stereocenters. The highest BCUT2D eigenvalue weighted by Crippen LogP contribution is 2.32. The molecule has 2 heterocycles. The van der Waals surface area contributed by atoms with Crippen molar-refractivity contribution >= 4 is 28.5 Å². The van der Waals surface area contributed by atoms with Crippen LogP contribution in [0.5, 0.6) is 0 Å². The molecule has 164 valence electrons. The minimum absolute atomic E-state index is 0.0361. The van der Waals surface area contributed by atoms with E-state index in [2.05, 4.69) is 15.3 Å². The topological polar surface area (TPSA) is 79.8 Å². The smallest absolute Gasteiger partial charge is 0.349 e. The first-order chi connectivity index (χ1) is 14.7. The number of imidazole rings is 1. The van der Waals surface area contributed by atoms with Crippen molar-refractivity contribution in [1.82, 2.24) is 19.9 Å². The van der Waals surface area contributed by atoms with Gasteiger partial charge in [-0.15, -0.1) is 0 Å². The van der Waals surface area contributed by atoms with Crippen LogP contribution in [-0.4, -0.2) is 26.5 Å². The number of amides is 1. The van der Waals surface area contributed by atoms with Crippen LogP contribution in [0.2, 0.25) is 5.02 Å². The number of alkyl halides is 3. The van der Waals surface area contributed by atoms with Crippen LogP contribution in [-0.2, 0) is 12.7 Å². The van der Waals surface area contributed by atoms with E-state index in [1.807, 2.05) is 24.3 Å². The second-order valence-electron chi connectivity index (χ2n) is 7.80. The number of nitrogens with one attached hydrogen (secondary N) is 2. The van der Waals surface area contributed by atoms with Crippen molar-refractivity contribution in [1.29, 1.82) is 0 Å². The van der Waals surface area contributed by atoms with E-state index in [4.69, 9.17) is 11.6 Å². The Kier molecular flexibility index (Phi) is 5.79. The van der Waals surface area contributed by atoms with E-state index in [0.717, 1.165) is 36.1 Å². The molecule has 0 radical (unpaired) electrons. The summed E-state index contributed by atoms with van der Waals surface area (Å²) in [5.41, 5.74) is -0.362. The lowest BCUT2D eigenvalue weighted by molar-refractivity contribution is -0.141. The summed E-state index contributed by atoms with van der Waals surface area (Å²) in [7, 11) is 0. The summed E-state index contributed by atoms with van der Waals surface area (Å²) in [6, 6.07) is 8.20. The molecule has 0 atom stereocenters. The first kappa shape index (κ1) is 21.4. The Balaban J connectivity index is 1.40. The van der Waals surface area contributed by atoms with Gasteiger partial charge >= 0.3 is 11.9 Å². The lowest BCUT2D eigenvalue weighted by Gasteiger charge is -2.29. The predicted molar refractivity (Wildman–Crippen MR) is 110 cm³/mol. The Morgan fingerprint density at radius 2 is 1.94 bits per heavy atom. The first-order valence-electron chi connectivity index (χ1n) is 9.93. The van der Waals surface area contributed by atoms with Crippen LogP contribution in [0.15, 0.2) is 41.3 Å². The lowest BCUT2D eigenvalue weighted by atomic mass is 9.85. The molecular formula is C21H20ClF3N4O2. The maximum absolute atomic E-state index is 13.2. The maximum atomic E-state index is 13.2. The van der Waals surface area contributed by atoms with Crippen molar-refractivity contribution in [2.45, 2.75) is 44.4 Å². The molecule has 1 aliphatic carbocycles. The molecule has 1 aliphatic rings. The number of halogens is 4. The number of hydrogen-bond acceptors (Lipinski definition) is 3. The molecule has 2 N–H and O–H groups in total. The SMILES string of the molecule is O=C(NC1CCC(Cn2c(=O)[nH]c3ccccc32)CC1)c1cc(Cl)cnc1C(F)(F)F. The van der Waals surface area contributed by atoms with Gasteiger partial charge in [-0.1, -0.05) is 23.7 Å². The van der Waals surface area contributed by atoms with Crippen LogP contribution in [0.25, 0.3) is 11.0 Å². The van der Waals surface area contributed by atoms with E-state index >= 15 is 0 Å². The average Bonchev–Trinajstić information content (AvgIpc) is 3.03. The molecule has 0 saturated heterocycles. The van der Waals surface area contributed by atoms with Gasteiger partial charge in [0.15, 0.2) is 5.69 Å². The molecule has 31 heavy (non-hydrogen) atoms. The molecule has 1 aromatic carbocycles. The van der Waals surface area contributed by atoms with Gasteiger partial charge in [-0.05, 0) is 49.8 Å². The number of fused-ring (bicyclic) bond motifs is 1. The van der Waals surface area contributed by atoms with Gasteiger partial charge in [-0.2, -0.15) is 13.2 Å². The minimum atomic E-state index is -4.75. The Morgan fingerprint density at radius 1 is 1.23 bits per heavy atom. The van der Waals surface area contributed by atoms with Gasteiger partial charge < -0.3 is 10.3 Å². The number of aromatic amines is 1. The zero-order valence-electron chi connectivity index (χ0n) is 16.4. The molecule has 2 aromatic heterocycles. The maximum Gasteiger partial charge on any atom is 0.434 e. The number of pyridine rings is 1. The molecule has 1 amide bonds. The van der Waals surface area contributed by atoms with Gasteiger partial charge in [0.05, 0.1) is 21.6 Å². The van der Waals surface area contributed by atoms with Crippen molar-refractivity contribution < 1.29 is 18.0 Å². The van der Waals surface area contributed by atoms with Crippen LogP contribution >= 0.6 is 11.6 Å². The van der Waals surface area contributed by atoms with Gasteiger partial charge in [-0.3, -0.25) is 9.36 Å². The average molecular weight is 453 g/mol. The summed E-state index contributed by atoms with van der Waals surface area (Å²) in [5, 5.41) is 2.65. The highest BCUT2D eigenvalue weighted by Gasteiger charge is 2.38. The molecular weight excluding hydrogens is 433 g/mol. The molecule has 1 saturated carbocycles. The summed E-state index contributed by atoms with van der Waals surface area (Å²) >= 11 is 5.75. The molecule has 0 spiro atoms. The third-order valence-electron chi connectivity index (χ3n) is 5.67. The number of rotatable bonds is 4. The second-order valence-corrected chi connectivity index (χ2v) is 8.23. The second kappa shape index (κ2) is 8.37. The van der Waals surface area contributed by atoms with E-state index in [0.29, 0.717) is 19.4 Å². The highest BCUT2D eigenvalue weighted by atomic mass is 35.5. The van der Waals surface area contributed by atoms with E-state index in [1.54, 1.807) is 4.57 Å². The van der Waals surface area contributed by atoms with Gasteiger partial charge in [-0.25, -0.2) is 9.78 Å². The number of para-hydroxylation sites is 2. The summed E-state index contributed by atoms with van der Waals surface area (Å²) in [4.78, 5) is 30.9. The third-order valence-corrected chi connectivity index (χ3v) is 5.88. The van der Waals surface area contributed by atoms with Crippen molar-refractivity contribution in [2.75, 3.05) is 0 Å². The lowest BCUT2D eigenvalue weighted by Crippen LogP contribution is -2.39. The number of nitrogens with zero attached hydrogens (tertiary/aromatic N) is 2. The zero-order valence-corrected chi connectivity index (χ0v) is 17.1. The Labute approximate surface area is 180 Å². The minimum Gasteiger partial charge on any atom is -0.349 e. The van der Waals surface area contributed by atoms with Crippen molar-refractivity contribution in [3.63, 3.8) is 0 Å². The predicted octanol–water partition coefficient (Wildman–Crippen LogP) is 4.39. The van der Waals surface area contributed by atoms with Gasteiger partial charge in [0.25, 0.3) is 5.91 Å². The zero-order chi connectivity index (χ0) is 22.2. The Morgan fingerprint density at radius 3 is 2.65 bits per heavy atom. The van der Waals surface area contributed by atoms with Crippen LogP contribution < -0.4 is 11.0 Å². The Hall–Kier alpha value is -2.81. The van der Waals surface area contributed by atoms with Gasteiger partial charge in [0.1, 0.15) is 0 Å². The van der Waals surface area contributed by atoms with E-state index in [1.165, 1.54) is 0 Å². The summed E-state index contributed by atoms with van der Waals surface area (Å²) < 4.78 is 41.2. The van der Waals surface area contributed by atoms with E-state index in [9.17, 15) is 22.8 Å². The molecule has 6 nitrogen and oxygen atoms in total. The molecule has 0 aliphatic heterocycles. The monoisotopic (exact) mass is 452 g/mol. The largest absolute Gasteiger partial charge is 0.434 e. The molecule has 3 aromatic rings. The van der Waals surface area contributed by atoms with E-state index in [-0.39, 0.29) is 22.7 Å². The number of carbonyl (C=O) groups excluding carboxylic acids is 1.